The molecular formula is C130H101N. The summed E-state index contributed by atoms with van der Waals surface area (Å²) >= 11 is 0. The van der Waals surface area contributed by atoms with Crippen molar-refractivity contribution in [3.05, 3.63) is 506 Å². The van der Waals surface area contributed by atoms with Crippen molar-refractivity contribution in [3.8, 4) is 22.3 Å². The van der Waals surface area contributed by atoms with Crippen LogP contribution in [-0.2, 0) is 7.05 Å². The van der Waals surface area contributed by atoms with Crippen LogP contribution in [0, 0.1) is 48.5 Å². The molecule has 0 aliphatic heterocycles. The zero-order valence-corrected chi connectivity index (χ0v) is 75.4. The second kappa shape index (κ2) is 36.7. The molecule has 0 aliphatic carbocycles. The van der Waals surface area contributed by atoms with Gasteiger partial charge in [0.15, 0.2) is 0 Å². The third-order valence-electron chi connectivity index (χ3n) is 26.6. The van der Waals surface area contributed by atoms with Crippen LogP contribution in [0.4, 0.5) is 0 Å². The molecule has 0 bridgehead atoms. The Labute approximate surface area is 766 Å². The van der Waals surface area contributed by atoms with Crippen LogP contribution in [0.5, 0.6) is 0 Å². The van der Waals surface area contributed by atoms with Gasteiger partial charge in [0.05, 0.1) is 0 Å². The van der Waals surface area contributed by atoms with Crippen molar-refractivity contribution < 1.29 is 0 Å². The van der Waals surface area contributed by atoms with E-state index in [1.165, 1.54) is 245 Å². The summed E-state index contributed by atoms with van der Waals surface area (Å²) in [6.07, 6.45) is 0. The van der Waals surface area contributed by atoms with Gasteiger partial charge in [-0.1, -0.05) is 454 Å². The largest absolute Gasteiger partial charge is 0.344 e. The van der Waals surface area contributed by atoms with Crippen LogP contribution in [-0.4, -0.2) is 4.57 Å². The van der Waals surface area contributed by atoms with Gasteiger partial charge in [-0.15, -0.1) is 0 Å². The topological polar surface area (TPSA) is 4.93 Å². The van der Waals surface area contributed by atoms with E-state index in [0.29, 0.717) is 0 Å². The fraction of sp³-hybridized carbons (Fsp3) is 0.0615. The van der Waals surface area contributed by atoms with Crippen molar-refractivity contribution >= 4 is 183 Å². The predicted octanol–water partition coefficient (Wildman–Crippen LogP) is 36.8. The Morgan fingerprint density at radius 3 is 1.05 bits per heavy atom. The molecule has 0 saturated carbocycles. The van der Waals surface area contributed by atoms with Gasteiger partial charge in [0.1, 0.15) is 0 Å². The highest BCUT2D eigenvalue weighted by molar-refractivity contribution is 6.33. The van der Waals surface area contributed by atoms with Gasteiger partial charge in [0.2, 0.25) is 0 Å². The molecular weight excluding hydrogens is 1580 g/mol. The van der Waals surface area contributed by atoms with E-state index in [4.69, 9.17) is 0 Å². The fourth-order valence-corrected chi connectivity index (χ4v) is 20.0. The molecule has 1 heteroatoms. The lowest BCUT2D eigenvalue weighted by Crippen LogP contribution is -1.89. The second-order valence-electron chi connectivity index (χ2n) is 34.8. The Kier molecular flexibility index (Phi) is 23.3. The van der Waals surface area contributed by atoms with Crippen molar-refractivity contribution in [2.24, 2.45) is 7.05 Å². The van der Waals surface area contributed by atoms with Gasteiger partial charge >= 0.3 is 0 Å². The lowest BCUT2D eigenvalue weighted by Gasteiger charge is -2.15. The first kappa shape index (κ1) is 83.2. The molecule has 0 radical (unpaired) electrons. The molecule has 1 nitrogen and oxygen atoms in total. The van der Waals surface area contributed by atoms with Crippen molar-refractivity contribution in [2.45, 2.75) is 48.5 Å². The number of nitrogens with zero attached hydrogens (tertiary/aromatic N) is 1. The number of hydrogen-bond acceptors (Lipinski definition) is 0. The van der Waals surface area contributed by atoms with Crippen molar-refractivity contribution in [2.75, 3.05) is 0 Å². The van der Waals surface area contributed by atoms with E-state index >= 15 is 0 Å². The molecule has 0 amide bonds. The summed E-state index contributed by atoms with van der Waals surface area (Å²) in [5, 5.41) is 43.2. The van der Waals surface area contributed by atoms with Gasteiger partial charge in [-0.05, 0) is 284 Å². The number of fused-ring (bicyclic) bond motifs is 14. The van der Waals surface area contributed by atoms with Gasteiger partial charge in [-0.3, -0.25) is 0 Å². The maximum Gasteiger partial charge on any atom is 0.0488 e. The zero-order chi connectivity index (χ0) is 89.0. The Hall–Kier alpha value is -16.1. The minimum absolute atomic E-state index is 1.28. The maximum atomic E-state index is 2.32. The monoisotopic (exact) mass is 1680 g/mol. The van der Waals surface area contributed by atoms with Crippen LogP contribution in [0.2, 0.25) is 0 Å². The van der Waals surface area contributed by atoms with Crippen molar-refractivity contribution in [1.29, 1.82) is 0 Å². The Morgan fingerprint density at radius 1 is 0.145 bits per heavy atom. The molecule has 27 rings (SSSR count). The highest BCUT2D eigenvalue weighted by Crippen LogP contribution is 2.44. The summed E-state index contributed by atoms with van der Waals surface area (Å²) in [6.45, 7) is 15.2. The number of benzene rings is 26. The van der Waals surface area contributed by atoms with Gasteiger partial charge in [-0.2, -0.15) is 0 Å². The summed E-state index contributed by atoms with van der Waals surface area (Å²) < 4.78 is 2.24. The first-order valence-electron chi connectivity index (χ1n) is 45.6. The number of rotatable bonds is 2. The maximum absolute atomic E-state index is 2.32. The van der Waals surface area contributed by atoms with Crippen LogP contribution >= 0.6 is 0 Å². The smallest absolute Gasteiger partial charge is 0.0488 e. The standard InChI is InChI=1S/C25H18.C21H14.C17H12.2C15H12.C13H11N.C13H12.C11H10/c1-17-21-10-4-6-12-23(21)25(24-13-7-5-11-22(17)24)20-15-14-18-8-2-3-9-19(18)16-20;1-13-11-12-19-17-9-3-6-14-5-2-8-16(20(14)17)18-10-4-7-15(13)21(18)19;1-11-5-6-14-8-7-12-3-2-4-13-9-10-15(11)17(14)16(12)13;1-11-14-8-4-2-6-12(14)10-13-7-3-5-9-15(11)13;1-11-10-12-6-2-3-8-14(12)15-9-5-4-7-13(11)15;1-14-12-8-4-2-6-10(12)11-7-3-5-9-13(11)14;1-11-7-9-13(10-8-11)12-5-3-2-4-6-12;1-9-6-7-10-4-2-3-5-11(10)8-9/h2-16H,1H3;2-12H,1H3;2-10H,1H3;2*2-10H,1H3;2-9H,1H3;2-10H,1H3;2-8H,1H3. The van der Waals surface area contributed by atoms with E-state index in [1.54, 1.807) is 0 Å². The van der Waals surface area contributed by atoms with Gasteiger partial charge in [0.25, 0.3) is 0 Å². The van der Waals surface area contributed by atoms with Gasteiger partial charge in [0, 0.05) is 28.9 Å². The van der Waals surface area contributed by atoms with Crippen molar-refractivity contribution in [3.63, 3.8) is 0 Å². The van der Waals surface area contributed by atoms with E-state index < -0.39 is 0 Å². The third-order valence-corrected chi connectivity index (χ3v) is 26.6. The highest BCUT2D eigenvalue weighted by Gasteiger charge is 2.17. The number of hydrogen-bond donors (Lipinski definition) is 0. The average Bonchev–Trinajstić information content (AvgIpc) is 1.24. The summed E-state index contributed by atoms with van der Waals surface area (Å²) in [5.74, 6) is 0. The molecule has 0 fully saturated rings. The zero-order valence-electron chi connectivity index (χ0n) is 75.4. The van der Waals surface area contributed by atoms with Crippen LogP contribution in [0.25, 0.3) is 206 Å². The molecule has 1 aromatic heterocycles. The predicted molar refractivity (Wildman–Crippen MR) is 575 cm³/mol. The molecule has 131 heavy (non-hydrogen) atoms. The summed E-state index contributed by atoms with van der Waals surface area (Å²) in [6, 6.07) is 167. The summed E-state index contributed by atoms with van der Waals surface area (Å²) in [7, 11) is 2.12. The fourth-order valence-electron chi connectivity index (χ4n) is 20.0. The van der Waals surface area contributed by atoms with E-state index in [9.17, 15) is 0 Å². The third kappa shape index (κ3) is 16.5. The van der Waals surface area contributed by atoms with Crippen LogP contribution in [0.3, 0.4) is 0 Å². The first-order chi connectivity index (χ1) is 64.3. The van der Waals surface area contributed by atoms with Crippen LogP contribution in [0.1, 0.15) is 38.9 Å². The highest BCUT2D eigenvalue weighted by atomic mass is 14.9. The minimum Gasteiger partial charge on any atom is -0.344 e. The van der Waals surface area contributed by atoms with E-state index in [0.717, 1.165) is 0 Å². The minimum atomic E-state index is 1.28. The Bertz CT molecular complexity index is 8630. The van der Waals surface area contributed by atoms with E-state index in [1.807, 2.05) is 6.07 Å². The summed E-state index contributed by atoms with van der Waals surface area (Å²) in [4.78, 5) is 0. The quantitative estimate of drug-likeness (QED) is 0.120. The molecule has 26 aromatic carbocycles. The number of aromatic nitrogens is 1. The normalized spacial score (nSPS) is 11.2. The molecule has 1 heterocycles. The number of aryl methyl sites for hydroxylation is 8. The van der Waals surface area contributed by atoms with E-state index in [-0.39, 0.29) is 0 Å². The molecule has 0 unspecified atom stereocenters. The van der Waals surface area contributed by atoms with Gasteiger partial charge < -0.3 is 4.57 Å². The molecule has 27 aromatic rings. The van der Waals surface area contributed by atoms with Crippen molar-refractivity contribution in [1.82, 2.24) is 4.57 Å². The molecule has 0 aliphatic rings. The first-order valence-corrected chi connectivity index (χ1v) is 45.6. The van der Waals surface area contributed by atoms with Crippen LogP contribution < -0.4 is 0 Å². The average molecular weight is 1680 g/mol. The van der Waals surface area contributed by atoms with Crippen LogP contribution in [0.15, 0.2) is 467 Å². The summed E-state index contributed by atoms with van der Waals surface area (Å²) in [5.41, 5.74) is 17.2. The second-order valence-corrected chi connectivity index (χ2v) is 34.8. The van der Waals surface area contributed by atoms with Gasteiger partial charge in [-0.25, -0.2) is 0 Å². The van der Waals surface area contributed by atoms with E-state index in [2.05, 4.69) is 521 Å². The molecule has 0 saturated heterocycles. The number of para-hydroxylation sites is 2. The Morgan fingerprint density at radius 2 is 0.473 bits per heavy atom. The lowest BCUT2D eigenvalue weighted by atomic mass is 9.88. The molecule has 0 N–H and O–H groups in total. The molecule has 626 valence electrons. The SMILES string of the molecule is Cc1c2ccccc2c(-c2ccc3ccccc3c2)c2ccccc12.Cc1c2ccccc2cc2ccccc12.Cc1cc2ccccc2c2ccccc12.Cc1ccc(-c2ccccc2)cc1.Cc1ccc2c3cccc4cccc(c5cccc1c52)c43.Cc1ccc2ccc3cccc4ccc1c2c34.Cc1ccc2ccccc2c1.Cn1c2ccccc2c2ccccc21. The molecule has 0 atom stereocenters. The Balaban J connectivity index is 0.0000000946. The lowest BCUT2D eigenvalue weighted by molar-refractivity contribution is 1.01. The molecule has 0 spiro atoms.